The number of amides is 2. The topological polar surface area (TPSA) is 49.4 Å². The quantitative estimate of drug-likeness (QED) is 0.469. The van der Waals surface area contributed by atoms with Crippen LogP contribution in [0.3, 0.4) is 0 Å². The van der Waals surface area contributed by atoms with Gasteiger partial charge in [0.25, 0.3) is 5.91 Å². The first-order chi connectivity index (χ1) is 16.2. The van der Waals surface area contributed by atoms with Gasteiger partial charge in [0.05, 0.1) is 17.8 Å². The van der Waals surface area contributed by atoms with Gasteiger partial charge in [0.1, 0.15) is 6.04 Å². The third-order valence-electron chi connectivity index (χ3n) is 6.02. The summed E-state index contributed by atoms with van der Waals surface area (Å²) in [7, 11) is 0. The Balaban J connectivity index is 1.55. The molecule has 2 amide bonds. The zero-order valence-corrected chi connectivity index (χ0v) is 18.1. The number of nitrogens with one attached hydrogen (secondary N) is 1. The predicted molar refractivity (Wildman–Crippen MR) is 131 cm³/mol. The lowest BCUT2D eigenvalue weighted by Gasteiger charge is -2.26. The lowest BCUT2D eigenvalue weighted by Crippen LogP contribution is -2.47. The van der Waals surface area contributed by atoms with E-state index in [1.54, 1.807) is 11.0 Å². The van der Waals surface area contributed by atoms with Gasteiger partial charge in [-0.1, -0.05) is 97.1 Å². The molecule has 4 nitrogen and oxygen atoms in total. The number of rotatable bonds is 5. The second-order valence-corrected chi connectivity index (χ2v) is 8.18. The average molecular weight is 433 g/mol. The summed E-state index contributed by atoms with van der Waals surface area (Å²) in [6, 6.07) is 34.7. The molecule has 0 aromatic heterocycles. The lowest BCUT2D eigenvalue weighted by atomic mass is 9.98. The summed E-state index contributed by atoms with van der Waals surface area (Å²) in [6.07, 6.45) is 0.441. The van der Waals surface area contributed by atoms with Crippen LogP contribution in [-0.4, -0.2) is 17.9 Å². The minimum Gasteiger partial charge on any atom is -0.340 e. The van der Waals surface area contributed by atoms with E-state index in [-0.39, 0.29) is 11.8 Å². The van der Waals surface area contributed by atoms with Crippen LogP contribution in [0, 0.1) is 0 Å². The van der Waals surface area contributed by atoms with Gasteiger partial charge >= 0.3 is 0 Å². The van der Waals surface area contributed by atoms with Crippen LogP contribution in [0.15, 0.2) is 109 Å². The number of anilines is 1. The number of carbonyl (C=O) groups excluding carboxylic acids is 2. The van der Waals surface area contributed by atoms with Crippen LogP contribution in [0.5, 0.6) is 0 Å². The second kappa shape index (κ2) is 9.13. The molecule has 0 fully saturated rings. The highest BCUT2D eigenvalue weighted by molar-refractivity contribution is 6.11. The second-order valence-electron chi connectivity index (χ2n) is 8.18. The van der Waals surface area contributed by atoms with Gasteiger partial charge in [0.2, 0.25) is 5.91 Å². The molecule has 33 heavy (non-hydrogen) atoms. The van der Waals surface area contributed by atoms with E-state index >= 15 is 0 Å². The van der Waals surface area contributed by atoms with Crippen LogP contribution in [0.25, 0.3) is 11.1 Å². The van der Waals surface area contributed by atoms with Crippen molar-refractivity contribution in [2.24, 2.45) is 0 Å². The van der Waals surface area contributed by atoms with Crippen molar-refractivity contribution in [3.8, 4) is 11.1 Å². The van der Waals surface area contributed by atoms with E-state index in [9.17, 15) is 9.59 Å². The number of fused-ring (bicyclic) bond motifs is 1. The maximum atomic E-state index is 13.8. The molecule has 0 saturated carbocycles. The Labute approximate surface area is 193 Å². The number of hydrogen-bond donors (Lipinski definition) is 1. The highest BCUT2D eigenvalue weighted by Gasteiger charge is 2.34. The summed E-state index contributed by atoms with van der Waals surface area (Å²) in [6.45, 7) is 0.376. The molecular formula is C29H24N2O2. The number of hydrogen-bond acceptors (Lipinski definition) is 2. The summed E-state index contributed by atoms with van der Waals surface area (Å²) in [4.78, 5) is 28.6. The van der Waals surface area contributed by atoms with Crippen molar-refractivity contribution >= 4 is 17.5 Å². The fourth-order valence-corrected chi connectivity index (χ4v) is 4.38. The Morgan fingerprint density at radius 2 is 1.27 bits per heavy atom. The van der Waals surface area contributed by atoms with Crippen LogP contribution in [0.2, 0.25) is 0 Å². The molecule has 5 rings (SSSR count). The molecule has 0 bridgehead atoms. The Morgan fingerprint density at radius 1 is 0.667 bits per heavy atom. The first-order valence-electron chi connectivity index (χ1n) is 11.1. The van der Waals surface area contributed by atoms with E-state index in [1.165, 1.54) is 0 Å². The highest BCUT2D eigenvalue weighted by Crippen LogP contribution is 2.30. The van der Waals surface area contributed by atoms with E-state index in [1.807, 2.05) is 84.9 Å². The van der Waals surface area contributed by atoms with Gasteiger partial charge in [-0.2, -0.15) is 0 Å². The SMILES string of the molecule is O=C1N[C@@H](Cc2ccccc2)C(=O)N(Cc2ccccc2-c2ccccc2)c2ccccc21. The lowest BCUT2D eigenvalue weighted by molar-refractivity contribution is -0.120. The third-order valence-corrected chi connectivity index (χ3v) is 6.02. The molecule has 1 aliphatic rings. The smallest absolute Gasteiger partial charge is 0.254 e. The fourth-order valence-electron chi connectivity index (χ4n) is 4.38. The molecular weight excluding hydrogens is 408 g/mol. The molecule has 1 atom stereocenters. The molecule has 0 radical (unpaired) electrons. The summed E-state index contributed by atoms with van der Waals surface area (Å²) < 4.78 is 0. The fraction of sp³-hybridized carbons (Fsp3) is 0.103. The van der Waals surface area contributed by atoms with Crippen LogP contribution in [0.1, 0.15) is 21.5 Å². The van der Waals surface area contributed by atoms with E-state index in [0.29, 0.717) is 24.2 Å². The molecule has 162 valence electrons. The van der Waals surface area contributed by atoms with Crippen molar-refractivity contribution in [2.45, 2.75) is 19.0 Å². The standard InChI is InChI=1S/C29H24N2O2/c32-28-25-17-9-10-18-27(25)31(29(33)26(30-28)19-21-11-3-1-4-12-21)20-23-15-7-8-16-24(23)22-13-5-2-6-14-22/h1-18,26H,19-20H2,(H,30,32)/t26-/m0/s1. The molecule has 0 unspecified atom stereocenters. The third kappa shape index (κ3) is 4.28. The highest BCUT2D eigenvalue weighted by atomic mass is 16.2. The van der Waals surface area contributed by atoms with Crippen molar-refractivity contribution < 1.29 is 9.59 Å². The van der Waals surface area contributed by atoms with Crippen LogP contribution in [-0.2, 0) is 17.8 Å². The van der Waals surface area contributed by atoms with E-state index in [4.69, 9.17) is 0 Å². The number of para-hydroxylation sites is 1. The van der Waals surface area contributed by atoms with Gasteiger partial charge in [-0.05, 0) is 34.4 Å². The summed E-state index contributed by atoms with van der Waals surface area (Å²) in [5.74, 6) is -0.334. The maximum Gasteiger partial charge on any atom is 0.254 e. The van der Waals surface area contributed by atoms with E-state index in [2.05, 4.69) is 23.5 Å². The molecule has 1 heterocycles. The first-order valence-corrected chi connectivity index (χ1v) is 11.1. The molecule has 4 aromatic carbocycles. The Kier molecular flexibility index (Phi) is 5.73. The Bertz CT molecular complexity index is 1290. The molecule has 4 heteroatoms. The van der Waals surface area contributed by atoms with Crippen molar-refractivity contribution in [2.75, 3.05) is 4.90 Å². The van der Waals surface area contributed by atoms with Crippen molar-refractivity contribution in [3.05, 3.63) is 126 Å². The minimum atomic E-state index is -0.642. The van der Waals surface area contributed by atoms with Crippen LogP contribution in [0.4, 0.5) is 5.69 Å². The van der Waals surface area contributed by atoms with Gasteiger partial charge in [0.15, 0.2) is 0 Å². The van der Waals surface area contributed by atoms with Gasteiger partial charge in [-0.3, -0.25) is 9.59 Å². The van der Waals surface area contributed by atoms with Gasteiger partial charge < -0.3 is 10.2 Å². The number of carbonyl (C=O) groups is 2. The average Bonchev–Trinajstić information content (AvgIpc) is 2.96. The van der Waals surface area contributed by atoms with Crippen molar-refractivity contribution in [3.63, 3.8) is 0 Å². The van der Waals surface area contributed by atoms with Crippen molar-refractivity contribution in [1.29, 1.82) is 0 Å². The van der Waals surface area contributed by atoms with Crippen LogP contribution >= 0.6 is 0 Å². The molecule has 0 spiro atoms. The molecule has 4 aromatic rings. The zero-order valence-electron chi connectivity index (χ0n) is 18.1. The number of nitrogens with zero attached hydrogens (tertiary/aromatic N) is 1. The van der Waals surface area contributed by atoms with Gasteiger partial charge in [-0.25, -0.2) is 0 Å². The van der Waals surface area contributed by atoms with E-state index < -0.39 is 6.04 Å². The zero-order chi connectivity index (χ0) is 22.6. The summed E-state index contributed by atoms with van der Waals surface area (Å²) in [5, 5.41) is 2.97. The molecule has 0 aliphatic carbocycles. The molecule has 0 saturated heterocycles. The van der Waals surface area contributed by atoms with E-state index in [0.717, 1.165) is 22.3 Å². The summed E-state index contributed by atoms with van der Waals surface area (Å²) in [5.41, 5.74) is 5.36. The molecule has 1 N–H and O–H groups in total. The maximum absolute atomic E-state index is 13.8. The minimum absolute atomic E-state index is 0.111. The van der Waals surface area contributed by atoms with Crippen molar-refractivity contribution in [1.82, 2.24) is 5.32 Å². The summed E-state index contributed by atoms with van der Waals surface area (Å²) >= 11 is 0. The van der Waals surface area contributed by atoms with Crippen LogP contribution < -0.4 is 10.2 Å². The van der Waals surface area contributed by atoms with Gasteiger partial charge in [0, 0.05) is 6.42 Å². The first kappa shape index (κ1) is 20.7. The van der Waals surface area contributed by atoms with Gasteiger partial charge in [-0.15, -0.1) is 0 Å². The normalized spacial score (nSPS) is 15.5. The Hall–Kier alpha value is -4.18. The monoisotopic (exact) mass is 432 g/mol. The molecule has 1 aliphatic heterocycles. The Morgan fingerprint density at radius 3 is 2.03 bits per heavy atom. The predicted octanol–water partition coefficient (Wildman–Crippen LogP) is 5.24. The number of benzene rings is 4. The largest absolute Gasteiger partial charge is 0.340 e.